The van der Waals surface area contributed by atoms with Crippen molar-refractivity contribution in [2.24, 2.45) is 5.92 Å². The fraction of sp³-hybridized carbons (Fsp3) is 1.00. The van der Waals surface area contributed by atoms with Crippen molar-refractivity contribution in [2.75, 3.05) is 12.4 Å². The monoisotopic (exact) mass is 178 g/mol. The molecular weight excluding hydrogens is 164 g/mol. The van der Waals surface area contributed by atoms with E-state index in [1.807, 2.05) is 0 Å². The average Bonchev–Trinajstić information content (AvgIpc) is 1.95. The lowest BCUT2D eigenvalue weighted by molar-refractivity contribution is 0.211. The van der Waals surface area contributed by atoms with Crippen LogP contribution < -0.4 is 0 Å². The quantitative estimate of drug-likeness (QED) is 0.623. The standard InChI is InChI=1S/C7H14O3S/c1-6-4-7(5-8)2-3-11(6,9)10/h6-8H,2-5H2,1H3/t6-,7-/m1/s1. The third-order valence-electron chi connectivity index (χ3n) is 2.35. The summed E-state index contributed by atoms with van der Waals surface area (Å²) >= 11 is 0. The van der Waals surface area contributed by atoms with Crippen LogP contribution in [0.2, 0.25) is 0 Å². The summed E-state index contributed by atoms with van der Waals surface area (Å²) in [5, 5.41) is 8.53. The summed E-state index contributed by atoms with van der Waals surface area (Å²) in [7, 11) is -2.82. The van der Waals surface area contributed by atoms with Crippen molar-refractivity contribution in [2.45, 2.75) is 25.0 Å². The van der Waals surface area contributed by atoms with Gasteiger partial charge in [0, 0.05) is 6.61 Å². The summed E-state index contributed by atoms with van der Waals surface area (Å²) in [6.45, 7) is 1.84. The summed E-state index contributed by atoms with van der Waals surface area (Å²) in [6, 6.07) is 0. The van der Waals surface area contributed by atoms with Crippen LogP contribution in [0.25, 0.3) is 0 Å². The summed E-state index contributed by atoms with van der Waals surface area (Å²) in [5.74, 6) is 0.452. The van der Waals surface area contributed by atoms with Gasteiger partial charge in [0.05, 0.1) is 11.0 Å². The van der Waals surface area contributed by atoms with Crippen LogP contribution in [0.5, 0.6) is 0 Å². The molecule has 0 aliphatic carbocycles. The van der Waals surface area contributed by atoms with E-state index in [1.165, 1.54) is 0 Å². The Morgan fingerprint density at radius 1 is 1.55 bits per heavy atom. The van der Waals surface area contributed by atoms with E-state index in [4.69, 9.17) is 5.11 Å². The van der Waals surface area contributed by atoms with Gasteiger partial charge in [0.25, 0.3) is 0 Å². The van der Waals surface area contributed by atoms with Crippen LogP contribution in [-0.2, 0) is 9.84 Å². The second-order valence-corrected chi connectivity index (χ2v) is 5.79. The zero-order chi connectivity index (χ0) is 8.48. The summed E-state index contributed by atoms with van der Waals surface area (Å²) < 4.78 is 22.3. The molecule has 0 aromatic carbocycles. The van der Waals surface area contributed by atoms with Gasteiger partial charge in [-0.15, -0.1) is 0 Å². The molecule has 0 radical (unpaired) electrons. The fourth-order valence-corrected chi connectivity index (χ4v) is 3.06. The third-order valence-corrected chi connectivity index (χ3v) is 4.57. The van der Waals surface area contributed by atoms with E-state index in [1.54, 1.807) is 6.92 Å². The summed E-state index contributed by atoms with van der Waals surface area (Å²) in [6.07, 6.45) is 1.25. The highest BCUT2D eigenvalue weighted by molar-refractivity contribution is 7.92. The Kier molecular flexibility index (Phi) is 2.54. The second kappa shape index (κ2) is 3.11. The molecule has 4 heteroatoms. The van der Waals surface area contributed by atoms with Crippen molar-refractivity contribution in [3.8, 4) is 0 Å². The lowest BCUT2D eigenvalue weighted by Crippen LogP contribution is -2.32. The van der Waals surface area contributed by atoms with Gasteiger partial charge < -0.3 is 5.11 Å². The fourth-order valence-electron chi connectivity index (χ4n) is 1.43. The lowest BCUT2D eigenvalue weighted by atomic mass is 10.0. The minimum absolute atomic E-state index is 0.125. The largest absolute Gasteiger partial charge is 0.396 e. The molecule has 1 rings (SSSR count). The molecule has 0 saturated carbocycles. The van der Waals surface area contributed by atoms with E-state index in [2.05, 4.69) is 0 Å². The van der Waals surface area contributed by atoms with Gasteiger partial charge in [0.15, 0.2) is 9.84 Å². The zero-order valence-corrected chi connectivity index (χ0v) is 7.47. The second-order valence-electron chi connectivity index (χ2n) is 3.25. The third kappa shape index (κ3) is 1.93. The first-order valence-electron chi connectivity index (χ1n) is 3.88. The van der Waals surface area contributed by atoms with Gasteiger partial charge in [0.2, 0.25) is 0 Å². The topological polar surface area (TPSA) is 54.4 Å². The highest BCUT2D eigenvalue weighted by atomic mass is 32.2. The molecule has 0 spiro atoms. The van der Waals surface area contributed by atoms with E-state index in [-0.39, 0.29) is 23.5 Å². The molecule has 0 aromatic rings. The molecule has 1 aliphatic rings. The number of sulfone groups is 1. The number of aliphatic hydroxyl groups excluding tert-OH is 1. The molecule has 0 aromatic heterocycles. The molecule has 11 heavy (non-hydrogen) atoms. The van der Waals surface area contributed by atoms with Gasteiger partial charge >= 0.3 is 0 Å². The first-order chi connectivity index (χ1) is 5.06. The molecule has 0 unspecified atom stereocenters. The minimum atomic E-state index is -2.82. The number of hydrogen-bond donors (Lipinski definition) is 1. The van der Waals surface area contributed by atoms with Gasteiger partial charge in [-0.05, 0) is 25.7 Å². The lowest BCUT2D eigenvalue weighted by Gasteiger charge is -2.24. The van der Waals surface area contributed by atoms with E-state index < -0.39 is 9.84 Å². The van der Waals surface area contributed by atoms with Gasteiger partial charge in [-0.3, -0.25) is 0 Å². The maximum absolute atomic E-state index is 11.2. The Bertz CT molecular complexity index is 220. The van der Waals surface area contributed by atoms with Crippen molar-refractivity contribution >= 4 is 9.84 Å². The average molecular weight is 178 g/mol. The van der Waals surface area contributed by atoms with E-state index in [0.29, 0.717) is 12.8 Å². The van der Waals surface area contributed by atoms with Gasteiger partial charge in [-0.25, -0.2) is 8.42 Å². The molecule has 1 N–H and O–H groups in total. The summed E-state index contributed by atoms with van der Waals surface area (Å²) in [4.78, 5) is 0. The number of hydrogen-bond acceptors (Lipinski definition) is 3. The Morgan fingerprint density at radius 3 is 2.64 bits per heavy atom. The van der Waals surface area contributed by atoms with Crippen molar-refractivity contribution in [1.29, 1.82) is 0 Å². The van der Waals surface area contributed by atoms with Crippen LogP contribution in [0, 0.1) is 5.92 Å². The van der Waals surface area contributed by atoms with Crippen LogP contribution >= 0.6 is 0 Å². The first-order valence-corrected chi connectivity index (χ1v) is 5.60. The van der Waals surface area contributed by atoms with Crippen molar-refractivity contribution in [3.05, 3.63) is 0 Å². The summed E-state index contributed by atoms with van der Waals surface area (Å²) in [5.41, 5.74) is 0. The number of aliphatic hydroxyl groups is 1. The maximum atomic E-state index is 11.2. The van der Waals surface area contributed by atoms with Crippen LogP contribution in [0.1, 0.15) is 19.8 Å². The highest BCUT2D eigenvalue weighted by Gasteiger charge is 2.29. The van der Waals surface area contributed by atoms with Crippen molar-refractivity contribution in [3.63, 3.8) is 0 Å². The molecule has 0 bridgehead atoms. The molecule has 1 fully saturated rings. The van der Waals surface area contributed by atoms with Gasteiger partial charge in [-0.2, -0.15) is 0 Å². The van der Waals surface area contributed by atoms with Crippen molar-refractivity contribution in [1.82, 2.24) is 0 Å². The molecule has 1 saturated heterocycles. The smallest absolute Gasteiger partial charge is 0.152 e. The predicted molar refractivity (Wildman–Crippen MR) is 43.1 cm³/mol. The van der Waals surface area contributed by atoms with Gasteiger partial charge in [0.1, 0.15) is 0 Å². The van der Waals surface area contributed by atoms with E-state index >= 15 is 0 Å². The van der Waals surface area contributed by atoms with Crippen LogP contribution in [-0.4, -0.2) is 31.1 Å². The Morgan fingerprint density at radius 2 is 2.18 bits per heavy atom. The highest BCUT2D eigenvalue weighted by Crippen LogP contribution is 2.23. The zero-order valence-electron chi connectivity index (χ0n) is 6.66. The maximum Gasteiger partial charge on any atom is 0.152 e. The molecule has 2 atom stereocenters. The molecule has 1 aliphatic heterocycles. The van der Waals surface area contributed by atoms with E-state index in [9.17, 15) is 8.42 Å². The van der Waals surface area contributed by atoms with Crippen LogP contribution in [0.15, 0.2) is 0 Å². The minimum Gasteiger partial charge on any atom is -0.396 e. The molecule has 3 nitrogen and oxygen atoms in total. The molecule has 0 amide bonds. The number of rotatable bonds is 1. The predicted octanol–water partition coefficient (Wildman–Crippen LogP) is 0.192. The Labute approximate surface area is 67.3 Å². The van der Waals surface area contributed by atoms with E-state index in [0.717, 1.165) is 0 Å². The van der Waals surface area contributed by atoms with Gasteiger partial charge in [-0.1, -0.05) is 0 Å². The molecule has 66 valence electrons. The molecular formula is C7H14O3S. The molecule has 1 heterocycles. The van der Waals surface area contributed by atoms with Crippen LogP contribution in [0.4, 0.5) is 0 Å². The van der Waals surface area contributed by atoms with Crippen LogP contribution in [0.3, 0.4) is 0 Å². The first kappa shape index (κ1) is 9.00. The Balaban J connectivity index is 2.62. The SMILES string of the molecule is C[C@@H]1C[C@H](CO)CCS1(=O)=O. The Hall–Kier alpha value is -0.0900. The normalized spacial score (nSPS) is 36.9. The van der Waals surface area contributed by atoms with Crippen molar-refractivity contribution < 1.29 is 13.5 Å².